The predicted octanol–water partition coefficient (Wildman–Crippen LogP) is 4.90. The number of benzene rings is 3. The molecule has 1 aromatic heterocycles. The molecule has 0 bridgehead atoms. The number of rotatable bonds is 10. The van der Waals surface area contributed by atoms with Crippen LogP contribution in [0.3, 0.4) is 0 Å². The second kappa shape index (κ2) is 10.6. The minimum absolute atomic E-state index is 0.0290. The summed E-state index contributed by atoms with van der Waals surface area (Å²) in [7, 11) is 0. The number of fused-ring (bicyclic) bond motifs is 1. The van der Waals surface area contributed by atoms with Crippen LogP contribution < -0.4 is 14.8 Å². The van der Waals surface area contributed by atoms with Crippen molar-refractivity contribution in [3.05, 3.63) is 83.9 Å². The second-order valence-corrected chi connectivity index (χ2v) is 7.08. The van der Waals surface area contributed by atoms with Gasteiger partial charge in [-0.1, -0.05) is 48.5 Å². The molecular formula is C24H21F2N3O4. The van der Waals surface area contributed by atoms with Crippen LogP contribution in [0.2, 0.25) is 0 Å². The van der Waals surface area contributed by atoms with Crippen molar-refractivity contribution in [2.45, 2.75) is 19.8 Å². The van der Waals surface area contributed by atoms with Gasteiger partial charge in [0.15, 0.2) is 5.82 Å². The van der Waals surface area contributed by atoms with Crippen LogP contribution in [0.5, 0.6) is 11.5 Å². The highest BCUT2D eigenvalue weighted by molar-refractivity contribution is 6.00. The molecule has 0 saturated heterocycles. The Hall–Kier alpha value is -3.98. The van der Waals surface area contributed by atoms with E-state index in [0.717, 1.165) is 5.56 Å². The zero-order valence-electron chi connectivity index (χ0n) is 17.5. The molecule has 33 heavy (non-hydrogen) atoms. The molecule has 4 aromatic rings. The average molecular weight is 453 g/mol. The molecule has 2 N–H and O–H groups in total. The van der Waals surface area contributed by atoms with Gasteiger partial charge >= 0.3 is 6.61 Å². The quantitative estimate of drug-likeness (QED) is 0.357. The molecule has 0 unspecified atom stereocenters. The van der Waals surface area contributed by atoms with Gasteiger partial charge in [-0.05, 0) is 29.8 Å². The van der Waals surface area contributed by atoms with Crippen LogP contribution in [-0.2, 0) is 22.7 Å². The fraction of sp³-hybridized carbons (Fsp3) is 0.167. The summed E-state index contributed by atoms with van der Waals surface area (Å²) in [6.07, 6.45) is 0. The van der Waals surface area contributed by atoms with Crippen molar-refractivity contribution in [1.29, 1.82) is 0 Å². The Morgan fingerprint density at radius 2 is 1.79 bits per heavy atom. The lowest BCUT2D eigenvalue weighted by Crippen LogP contribution is -2.18. The number of aromatic nitrogens is 2. The summed E-state index contributed by atoms with van der Waals surface area (Å²) in [6.45, 7) is -2.69. The van der Waals surface area contributed by atoms with Crippen LogP contribution in [0.1, 0.15) is 11.1 Å². The highest BCUT2D eigenvalue weighted by Gasteiger charge is 2.13. The first-order valence-electron chi connectivity index (χ1n) is 10.1. The van der Waals surface area contributed by atoms with Gasteiger partial charge in [0.1, 0.15) is 24.7 Å². The van der Waals surface area contributed by atoms with Crippen molar-refractivity contribution in [2.75, 3.05) is 11.9 Å². The Kier molecular flexibility index (Phi) is 7.11. The first kappa shape index (κ1) is 22.2. The molecule has 170 valence electrons. The number of hydrogen-bond acceptors (Lipinski definition) is 5. The van der Waals surface area contributed by atoms with Crippen LogP contribution in [0.4, 0.5) is 14.6 Å². The first-order chi connectivity index (χ1) is 16.1. The Morgan fingerprint density at radius 3 is 2.61 bits per heavy atom. The van der Waals surface area contributed by atoms with E-state index >= 15 is 0 Å². The van der Waals surface area contributed by atoms with Crippen molar-refractivity contribution < 1.29 is 27.8 Å². The third kappa shape index (κ3) is 6.05. The van der Waals surface area contributed by atoms with Gasteiger partial charge in [-0.3, -0.25) is 9.89 Å². The van der Waals surface area contributed by atoms with E-state index in [9.17, 15) is 13.6 Å². The molecule has 7 nitrogen and oxygen atoms in total. The van der Waals surface area contributed by atoms with Crippen molar-refractivity contribution in [3.63, 3.8) is 0 Å². The third-order valence-corrected chi connectivity index (χ3v) is 4.72. The maximum absolute atomic E-state index is 12.6. The molecule has 0 fully saturated rings. The molecule has 1 amide bonds. The number of ether oxygens (including phenoxy) is 3. The number of amides is 1. The number of hydrogen-bond donors (Lipinski definition) is 2. The molecule has 0 radical (unpaired) electrons. The predicted molar refractivity (Wildman–Crippen MR) is 118 cm³/mol. The smallest absolute Gasteiger partial charge is 0.387 e. The number of anilines is 1. The molecular weight excluding hydrogens is 432 g/mol. The van der Waals surface area contributed by atoms with Crippen LogP contribution in [0, 0.1) is 0 Å². The summed E-state index contributed by atoms with van der Waals surface area (Å²) in [5.41, 5.74) is 2.15. The van der Waals surface area contributed by atoms with Gasteiger partial charge in [0.25, 0.3) is 5.91 Å². The lowest BCUT2D eigenvalue weighted by atomic mass is 10.2. The van der Waals surface area contributed by atoms with E-state index < -0.39 is 6.61 Å². The minimum Gasteiger partial charge on any atom is -0.489 e. The number of carbonyl (C=O) groups is 1. The molecule has 0 aliphatic rings. The van der Waals surface area contributed by atoms with E-state index in [1.807, 2.05) is 30.3 Å². The van der Waals surface area contributed by atoms with Gasteiger partial charge in [-0.2, -0.15) is 13.9 Å². The average Bonchev–Trinajstić information content (AvgIpc) is 3.21. The fourth-order valence-corrected chi connectivity index (χ4v) is 3.18. The highest BCUT2D eigenvalue weighted by Crippen LogP contribution is 2.27. The largest absolute Gasteiger partial charge is 0.489 e. The lowest BCUT2D eigenvalue weighted by molar-refractivity contribution is -0.121. The Labute approximate surface area is 188 Å². The normalized spacial score (nSPS) is 11.0. The summed E-state index contributed by atoms with van der Waals surface area (Å²) in [5, 5.41) is 10.3. The Bertz CT molecular complexity index is 1210. The molecule has 1 heterocycles. The monoisotopic (exact) mass is 453 g/mol. The fourth-order valence-electron chi connectivity index (χ4n) is 3.18. The molecule has 0 spiro atoms. The Balaban J connectivity index is 1.38. The van der Waals surface area contributed by atoms with E-state index in [1.54, 1.807) is 36.4 Å². The summed E-state index contributed by atoms with van der Waals surface area (Å²) in [6, 6.07) is 21.1. The summed E-state index contributed by atoms with van der Waals surface area (Å²) in [4.78, 5) is 12.3. The maximum Gasteiger partial charge on any atom is 0.387 e. The molecule has 0 aliphatic carbocycles. The van der Waals surface area contributed by atoms with Gasteiger partial charge in [0.2, 0.25) is 0 Å². The topological polar surface area (TPSA) is 85.5 Å². The van der Waals surface area contributed by atoms with Crippen molar-refractivity contribution in [3.8, 4) is 11.5 Å². The highest BCUT2D eigenvalue weighted by atomic mass is 19.3. The van der Waals surface area contributed by atoms with Crippen molar-refractivity contribution in [2.24, 2.45) is 0 Å². The minimum atomic E-state index is -2.92. The SMILES string of the molecule is O=C(COCc1ccccc1)Nc1n[nH]c2ccc(OCc3ccccc3OC(F)F)cc12. The van der Waals surface area contributed by atoms with Gasteiger partial charge in [-0.15, -0.1) is 0 Å². The van der Waals surface area contributed by atoms with E-state index in [-0.39, 0.29) is 24.9 Å². The third-order valence-electron chi connectivity index (χ3n) is 4.72. The molecule has 0 aliphatic heterocycles. The van der Waals surface area contributed by atoms with Crippen molar-refractivity contribution >= 4 is 22.6 Å². The number of carbonyl (C=O) groups excluding carboxylic acids is 1. The summed E-state index contributed by atoms with van der Waals surface area (Å²) in [5.74, 6) is 0.529. The zero-order chi connectivity index (χ0) is 23.0. The summed E-state index contributed by atoms with van der Waals surface area (Å²) < 4.78 is 40.9. The Morgan fingerprint density at radius 1 is 1.00 bits per heavy atom. The number of para-hydroxylation sites is 1. The van der Waals surface area contributed by atoms with E-state index in [2.05, 4.69) is 20.3 Å². The van der Waals surface area contributed by atoms with Gasteiger partial charge in [-0.25, -0.2) is 0 Å². The number of aromatic amines is 1. The molecule has 4 rings (SSSR count). The van der Waals surface area contributed by atoms with Gasteiger partial charge in [0, 0.05) is 10.9 Å². The second-order valence-electron chi connectivity index (χ2n) is 7.08. The number of nitrogens with one attached hydrogen (secondary N) is 2. The van der Waals surface area contributed by atoms with E-state index in [1.165, 1.54) is 6.07 Å². The number of halogens is 2. The van der Waals surface area contributed by atoms with Crippen molar-refractivity contribution in [1.82, 2.24) is 10.2 Å². The van der Waals surface area contributed by atoms with Crippen LogP contribution in [-0.4, -0.2) is 29.3 Å². The molecule has 9 heteroatoms. The maximum atomic E-state index is 12.6. The van der Waals surface area contributed by atoms with Crippen LogP contribution in [0.25, 0.3) is 10.9 Å². The molecule has 0 saturated carbocycles. The number of H-pyrrole nitrogens is 1. The zero-order valence-corrected chi connectivity index (χ0v) is 17.5. The van der Waals surface area contributed by atoms with Crippen LogP contribution in [0.15, 0.2) is 72.8 Å². The molecule has 3 aromatic carbocycles. The number of alkyl halides is 2. The van der Waals surface area contributed by atoms with E-state index in [4.69, 9.17) is 9.47 Å². The molecule has 0 atom stereocenters. The van der Waals surface area contributed by atoms with Gasteiger partial charge < -0.3 is 19.5 Å². The van der Waals surface area contributed by atoms with Gasteiger partial charge in [0.05, 0.1) is 12.1 Å². The standard InChI is InChI=1S/C24H21F2N3O4/c25-24(26)33-21-9-5-4-8-17(21)14-32-18-10-11-20-19(12-18)23(29-28-20)27-22(30)15-31-13-16-6-2-1-3-7-16/h1-12,24H,13-15H2,(H2,27,28,29,30). The van der Waals surface area contributed by atoms with Crippen LogP contribution >= 0.6 is 0 Å². The lowest BCUT2D eigenvalue weighted by Gasteiger charge is -2.12. The number of nitrogens with zero attached hydrogens (tertiary/aromatic N) is 1. The van der Waals surface area contributed by atoms with E-state index in [0.29, 0.717) is 34.6 Å². The summed E-state index contributed by atoms with van der Waals surface area (Å²) >= 11 is 0. The first-order valence-corrected chi connectivity index (χ1v) is 10.1.